The van der Waals surface area contributed by atoms with Crippen LogP contribution in [0.25, 0.3) is 0 Å². The predicted molar refractivity (Wildman–Crippen MR) is 155 cm³/mol. The second kappa shape index (κ2) is 13.7. The lowest BCUT2D eigenvalue weighted by Crippen LogP contribution is -2.51. The summed E-state index contributed by atoms with van der Waals surface area (Å²) in [5.41, 5.74) is 0.725. The summed E-state index contributed by atoms with van der Waals surface area (Å²) < 4.78 is 32.3. The Hall–Kier alpha value is -3.27. The van der Waals surface area contributed by atoms with Gasteiger partial charge >= 0.3 is 0 Å². The Morgan fingerprint density at radius 3 is 2.08 bits per heavy atom. The zero-order valence-corrected chi connectivity index (χ0v) is 24.3. The first-order valence-corrected chi connectivity index (χ1v) is 14.9. The molecule has 1 atom stereocenters. The van der Waals surface area contributed by atoms with Crippen LogP contribution in [-0.2, 0) is 26.2 Å². The molecular formula is C28H31Cl2N3O5S. The second-order valence-corrected chi connectivity index (χ2v) is 11.6. The number of rotatable bonds is 12. The number of halogens is 2. The van der Waals surface area contributed by atoms with Crippen LogP contribution in [0.15, 0.2) is 72.8 Å². The summed E-state index contributed by atoms with van der Waals surface area (Å²) in [5, 5.41) is 3.44. The van der Waals surface area contributed by atoms with Crippen molar-refractivity contribution in [2.75, 3.05) is 23.7 Å². The number of hydrogen-bond donors (Lipinski definition) is 1. The molecule has 0 unspecified atom stereocenters. The van der Waals surface area contributed by atoms with Crippen LogP contribution >= 0.6 is 23.2 Å². The van der Waals surface area contributed by atoms with Gasteiger partial charge in [-0.2, -0.15) is 0 Å². The molecule has 11 heteroatoms. The van der Waals surface area contributed by atoms with E-state index in [1.807, 2.05) is 25.1 Å². The second-order valence-electron chi connectivity index (χ2n) is 8.87. The molecule has 0 saturated heterocycles. The number of para-hydroxylation sites is 1. The molecule has 0 aliphatic rings. The lowest BCUT2D eigenvalue weighted by molar-refractivity contribution is -0.139. The van der Waals surface area contributed by atoms with E-state index in [0.717, 1.165) is 10.6 Å². The first-order valence-electron chi connectivity index (χ1n) is 12.3. The Morgan fingerprint density at radius 1 is 0.923 bits per heavy atom. The number of carbonyl (C=O) groups is 2. The maximum atomic E-state index is 13.7. The molecule has 8 nitrogen and oxygen atoms in total. The molecule has 0 aromatic heterocycles. The van der Waals surface area contributed by atoms with Gasteiger partial charge in [0.2, 0.25) is 21.8 Å². The monoisotopic (exact) mass is 591 g/mol. The molecule has 0 aliphatic heterocycles. The number of ether oxygens (including phenoxy) is 1. The summed E-state index contributed by atoms with van der Waals surface area (Å²) in [6.07, 6.45) is 1.73. The van der Waals surface area contributed by atoms with Gasteiger partial charge in [-0.3, -0.25) is 13.9 Å². The number of nitrogens with zero attached hydrogens (tertiary/aromatic N) is 2. The zero-order chi connectivity index (χ0) is 28.6. The average molecular weight is 593 g/mol. The minimum Gasteiger partial charge on any atom is -0.457 e. The average Bonchev–Trinajstić information content (AvgIpc) is 2.90. The van der Waals surface area contributed by atoms with Gasteiger partial charge in [-0.25, -0.2) is 8.42 Å². The number of amides is 2. The van der Waals surface area contributed by atoms with E-state index in [2.05, 4.69) is 5.32 Å². The molecule has 0 radical (unpaired) electrons. The molecule has 3 aromatic carbocycles. The molecule has 3 rings (SSSR count). The van der Waals surface area contributed by atoms with E-state index >= 15 is 0 Å². The summed E-state index contributed by atoms with van der Waals surface area (Å²) in [6, 6.07) is 19.5. The van der Waals surface area contributed by atoms with Crippen molar-refractivity contribution in [3.8, 4) is 11.5 Å². The van der Waals surface area contributed by atoms with Crippen molar-refractivity contribution in [2.24, 2.45) is 0 Å². The van der Waals surface area contributed by atoms with Gasteiger partial charge in [0, 0.05) is 28.7 Å². The molecule has 1 N–H and O–H groups in total. The Labute approximate surface area is 239 Å². The zero-order valence-electron chi connectivity index (χ0n) is 21.9. The molecule has 208 valence electrons. The number of sulfonamides is 1. The topological polar surface area (TPSA) is 96.0 Å². The van der Waals surface area contributed by atoms with E-state index < -0.39 is 28.5 Å². The smallest absolute Gasteiger partial charge is 0.244 e. The van der Waals surface area contributed by atoms with Crippen molar-refractivity contribution in [1.82, 2.24) is 10.2 Å². The van der Waals surface area contributed by atoms with Gasteiger partial charge in [-0.05, 0) is 61.9 Å². The number of hydrogen-bond acceptors (Lipinski definition) is 5. The molecular weight excluding hydrogens is 561 g/mol. The molecule has 0 spiro atoms. The van der Waals surface area contributed by atoms with Crippen LogP contribution in [0.4, 0.5) is 5.69 Å². The number of anilines is 1. The maximum Gasteiger partial charge on any atom is 0.244 e. The minimum absolute atomic E-state index is 0.0838. The summed E-state index contributed by atoms with van der Waals surface area (Å²) >= 11 is 12.7. The van der Waals surface area contributed by atoms with E-state index in [0.29, 0.717) is 40.1 Å². The lowest BCUT2D eigenvalue weighted by Gasteiger charge is -2.32. The SMILES string of the molecule is CCCNC(=O)[C@@H](C)N(Cc1c(Cl)cccc1Cl)C(=O)CN(c1ccc(Oc2ccccc2)cc1)S(C)(=O)=O. The highest BCUT2D eigenvalue weighted by Gasteiger charge is 2.30. The van der Waals surface area contributed by atoms with Crippen LogP contribution in [0.1, 0.15) is 25.8 Å². The van der Waals surface area contributed by atoms with Crippen LogP contribution in [0.5, 0.6) is 11.5 Å². The third-order valence-corrected chi connectivity index (χ3v) is 7.74. The van der Waals surface area contributed by atoms with Crippen molar-refractivity contribution in [1.29, 1.82) is 0 Å². The van der Waals surface area contributed by atoms with E-state index in [1.54, 1.807) is 61.5 Å². The molecule has 0 saturated carbocycles. The van der Waals surface area contributed by atoms with Crippen LogP contribution in [0.3, 0.4) is 0 Å². The fraction of sp³-hybridized carbons (Fsp3) is 0.286. The van der Waals surface area contributed by atoms with Crippen molar-refractivity contribution in [2.45, 2.75) is 32.9 Å². The van der Waals surface area contributed by atoms with Gasteiger partial charge in [0.05, 0.1) is 11.9 Å². The minimum atomic E-state index is -3.88. The highest BCUT2D eigenvalue weighted by molar-refractivity contribution is 7.92. The van der Waals surface area contributed by atoms with Gasteiger partial charge in [-0.15, -0.1) is 0 Å². The van der Waals surface area contributed by atoms with E-state index in [9.17, 15) is 18.0 Å². The first kappa shape index (κ1) is 30.3. The summed E-state index contributed by atoms with van der Waals surface area (Å²) in [7, 11) is -3.88. The number of carbonyl (C=O) groups excluding carboxylic acids is 2. The van der Waals surface area contributed by atoms with Gasteiger partial charge in [-0.1, -0.05) is 54.4 Å². The van der Waals surface area contributed by atoms with Gasteiger partial charge < -0.3 is 15.0 Å². The highest BCUT2D eigenvalue weighted by Crippen LogP contribution is 2.28. The van der Waals surface area contributed by atoms with Crippen LogP contribution in [0, 0.1) is 0 Å². The number of nitrogens with one attached hydrogen (secondary N) is 1. The quantitative estimate of drug-likeness (QED) is 0.300. The molecule has 2 amide bonds. The molecule has 0 fully saturated rings. The Balaban J connectivity index is 1.89. The third kappa shape index (κ3) is 8.36. The number of benzene rings is 3. The van der Waals surface area contributed by atoms with Gasteiger partial charge in [0.25, 0.3) is 0 Å². The van der Waals surface area contributed by atoms with Crippen LogP contribution < -0.4 is 14.4 Å². The molecule has 3 aromatic rings. The van der Waals surface area contributed by atoms with E-state index in [4.69, 9.17) is 27.9 Å². The maximum absolute atomic E-state index is 13.7. The Morgan fingerprint density at radius 2 is 1.51 bits per heavy atom. The van der Waals surface area contributed by atoms with Crippen molar-refractivity contribution < 1.29 is 22.7 Å². The van der Waals surface area contributed by atoms with Gasteiger partial charge in [0.15, 0.2) is 0 Å². The van der Waals surface area contributed by atoms with Crippen molar-refractivity contribution >= 4 is 50.7 Å². The third-order valence-electron chi connectivity index (χ3n) is 5.89. The Bertz CT molecular complexity index is 1370. The highest BCUT2D eigenvalue weighted by atomic mass is 35.5. The standard InChI is InChI=1S/C28H31Cl2N3O5S/c1-4-17-31-28(35)20(2)32(18-24-25(29)11-8-12-26(24)30)27(34)19-33(39(3,36)37)21-13-15-23(16-14-21)38-22-9-6-5-7-10-22/h5-16,20H,4,17-19H2,1-3H3,(H,31,35)/t20-/m1/s1. The predicted octanol–water partition coefficient (Wildman–Crippen LogP) is 5.50. The van der Waals surface area contributed by atoms with Gasteiger partial charge in [0.1, 0.15) is 24.1 Å². The van der Waals surface area contributed by atoms with E-state index in [-0.39, 0.29) is 18.1 Å². The van der Waals surface area contributed by atoms with E-state index in [1.165, 1.54) is 4.90 Å². The van der Waals surface area contributed by atoms with Crippen molar-refractivity contribution in [3.05, 3.63) is 88.4 Å². The molecule has 0 bridgehead atoms. The fourth-order valence-electron chi connectivity index (χ4n) is 3.75. The normalized spacial score (nSPS) is 11.9. The summed E-state index contributed by atoms with van der Waals surface area (Å²) in [4.78, 5) is 27.8. The molecule has 39 heavy (non-hydrogen) atoms. The summed E-state index contributed by atoms with van der Waals surface area (Å²) in [6.45, 7) is 3.31. The fourth-order valence-corrected chi connectivity index (χ4v) is 5.12. The molecule has 0 aliphatic carbocycles. The largest absolute Gasteiger partial charge is 0.457 e. The van der Waals surface area contributed by atoms with Crippen molar-refractivity contribution in [3.63, 3.8) is 0 Å². The Kier molecular flexibility index (Phi) is 10.6. The van der Waals surface area contributed by atoms with Crippen LogP contribution in [0.2, 0.25) is 10.0 Å². The lowest BCUT2D eigenvalue weighted by atomic mass is 10.1. The first-order chi connectivity index (χ1) is 18.5. The molecule has 0 heterocycles. The van der Waals surface area contributed by atoms with Crippen LogP contribution in [-0.4, -0.2) is 50.5 Å². The summed E-state index contributed by atoms with van der Waals surface area (Å²) in [5.74, 6) is 0.160.